The molecule has 130 valence electrons. The van der Waals surface area contributed by atoms with Gasteiger partial charge in [0.25, 0.3) is 0 Å². The van der Waals surface area contributed by atoms with Gasteiger partial charge < -0.3 is 0 Å². The van der Waals surface area contributed by atoms with Crippen LogP contribution >= 0.6 is 0 Å². The van der Waals surface area contributed by atoms with Gasteiger partial charge in [0.05, 0.1) is 15.4 Å². The van der Waals surface area contributed by atoms with Crippen LogP contribution in [-0.4, -0.2) is 26.4 Å². The molecule has 0 saturated heterocycles. The Kier molecular flexibility index (Phi) is 3.64. The summed E-state index contributed by atoms with van der Waals surface area (Å²) in [4.78, 5) is 56.3. The van der Waals surface area contributed by atoms with Gasteiger partial charge >= 0.3 is 11.4 Å². The number of nitrogens with one attached hydrogen (secondary N) is 1. The number of hydrogen-bond donors (Lipinski definition) is 1. The van der Waals surface area contributed by atoms with E-state index in [1.54, 1.807) is 0 Å². The highest BCUT2D eigenvalue weighted by atomic mass is 16.7. The number of nitrogens with zero attached hydrogens (tertiary/aromatic N) is 3. The van der Waals surface area contributed by atoms with Crippen molar-refractivity contribution in [3.05, 3.63) is 82.9 Å². The van der Waals surface area contributed by atoms with Crippen LogP contribution in [0.1, 0.15) is 31.8 Å². The zero-order valence-corrected chi connectivity index (χ0v) is 12.5. The number of nitro benzene ring substituents is 2. The van der Waals surface area contributed by atoms with Crippen LogP contribution in [0.3, 0.4) is 0 Å². The lowest BCUT2D eigenvalue weighted by Crippen LogP contribution is -2.25. The highest BCUT2D eigenvalue weighted by Gasteiger charge is 2.42. The first kappa shape index (κ1) is 16.6. The molecule has 12 heteroatoms. The average molecular weight is 358 g/mol. The van der Waals surface area contributed by atoms with Gasteiger partial charge in [-0.1, -0.05) is 29.7 Å². The maximum absolute atomic E-state index is 12.7. The number of rotatable bonds is 4. The predicted molar refractivity (Wildman–Crippen MR) is 83.7 cm³/mol. The number of hydrogen-bond acceptors (Lipinski definition) is 8. The fraction of sp³-hybridized carbons (Fsp3) is 0. The van der Waals surface area contributed by atoms with Gasteiger partial charge in [0, 0.05) is 22.8 Å². The second-order valence-electron chi connectivity index (χ2n) is 5.13. The van der Waals surface area contributed by atoms with E-state index in [0.717, 1.165) is 0 Å². The molecule has 0 saturated carbocycles. The van der Waals surface area contributed by atoms with Crippen molar-refractivity contribution in [2.75, 3.05) is 5.43 Å². The van der Waals surface area contributed by atoms with Crippen LogP contribution in [0.25, 0.3) is 0 Å². The summed E-state index contributed by atoms with van der Waals surface area (Å²) in [6.07, 6.45) is 0. The molecule has 1 aliphatic rings. The molecule has 0 heterocycles. The Hall–Kier alpha value is -4.22. The number of ketones is 2. The Balaban J connectivity index is 2.46. The standard InChI is InChI=1S/C14H6N4O8/c19-13-6-3-1-2-4-7(6)14(20)10-8(13)5-9(16(21)22)12(17(23)24)11(10)15-18(25)26/h1-5,15H. The van der Waals surface area contributed by atoms with E-state index in [2.05, 4.69) is 0 Å². The number of hydrazine groups is 1. The van der Waals surface area contributed by atoms with Gasteiger partial charge in [0.2, 0.25) is 0 Å². The molecule has 0 fully saturated rings. The molecule has 0 bridgehead atoms. The summed E-state index contributed by atoms with van der Waals surface area (Å²) in [6.45, 7) is 0. The summed E-state index contributed by atoms with van der Waals surface area (Å²) in [5.74, 6) is -1.70. The van der Waals surface area contributed by atoms with E-state index in [4.69, 9.17) is 0 Å². The molecule has 0 aliphatic heterocycles. The van der Waals surface area contributed by atoms with E-state index in [-0.39, 0.29) is 11.1 Å². The third-order valence-electron chi connectivity index (χ3n) is 3.75. The number of nitro groups is 3. The molecule has 1 N–H and O–H groups in total. The molecule has 2 aromatic rings. The highest BCUT2D eigenvalue weighted by Crippen LogP contribution is 2.43. The van der Waals surface area contributed by atoms with E-state index in [1.165, 1.54) is 29.7 Å². The fourth-order valence-corrected chi connectivity index (χ4v) is 2.76. The Morgan fingerprint density at radius 1 is 0.808 bits per heavy atom. The van der Waals surface area contributed by atoms with E-state index >= 15 is 0 Å². The van der Waals surface area contributed by atoms with Crippen molar-refractivity contribution < 1.29 is 24.5 Å². The first-order chi connectivity index (χ1) is 12.2. The summed E-state index contributed by atoms with van der Waals surface area (Å²) in [7, 11) is 0. The summed E-state index contributed by atoms with van der Waals surface area (Å²) in [5, 5.41) is 32.1. The van der Waals surface area contributed by atoms with Crippen LogP contribution in [0.2, 0.25) is 0 Å². The van der Waals surface area contributed by atoms with Crippen molar-refractivity contribution in [3.8, 4) is 0 Å². The second kappa shape index (κ2) is 5.70. The maximum atomic E-state index is 12.7. The quantitative estimate of drug-likeness (QED) is 0.538. The lowest BCUT2D eigenvalue weighted by atomic mass is 9.82. The van der Waals surface area contributed by atoms with Crippen LogP contribution in [-0.2, 0) is 0 Å². The van der Waals surface area contributed by atoms with Crippen LogP contribution in [0.5, 0.6) is 0 Å². The fourth-order valence-electron chi connectivity index (χ4n) is 2.76. The van der Waals surface area contributed by atoms with Crippen LogP contribution in [0.4, 0.5) is 17.1 Å². The lowest BCUT2D eigenvalue weighted by molar-refractivity contribution is -0.449. The normalized spacial score (nSPS) is 12.2. The monoisotopic (exact) mass is 358 g/mol. The van der Waals surface area contributed by atoms with Crippen LogP contribution in [0, 0.1) is 30.3 Å². The molecule has 12 nitrogen and oxygen atoms in total. The van der Waals surface area contributed by atoms with Crippen molar-refractivity contribution in [2.45, 2.75) is 0 Å². The van der Waals surface area contributed by atoms with E-state index in [0.29, 0.717) is 6.07 Å². The third kappa shape index (κ3) is 2.32. The number of carbonyl (C=O) groups is 2. The van der Waals surface area contributed by atoms with Gasteiger partial charge in [-0.25, -0.2) is 10.1 Å². The Morgan fingerprint density at radius 3 is 1.88 bits per heavy atom. The minimum Gasteiger partial charge on any atom is -0.289 e. The third-order valence-corrected chi connectivity index (χ3v) is 3.75. The van der Waals surface area contributed by atoms with E-state index < -0.39 is 54.6 Å². The molecule has 1 aliphatic carbocycles. The molecule has 0 spiro atoms. The maximum Gasteiger partial charge on any atom is 0.375 e. The molecule has 0 atom stereocenters. The van der Waals surface area contributed by atoms with Gasteiger partial charge in [-0.05, 0) is 0 Å². The molecular formula is C14H6N4O8. The zero-order chi connectivity index (χ0) is 19.2. The number of anilines is 1. The average Bonchev–Trinajstić information content (AvgIpc) is 2.57. The molecule has 0 amide bonds. The Labute approximate surface area is 142 Å². The van der Waals surface area contributed by atoms with Crippen molar-refractivity contribution in [1.82, 2.24) is 0 Å². The molecule has 2 aromatic carbocycles. The van der Waals surface area contributed by atoms with Crippen molar-refractivity contribution in [2.24, 2.45) is 0 Å². The first-order valence-corrected chi connectivity index (χ1v) is 6.83. The molecule has 26 heavy (non-hydrogen) atoms. The smallest absolute Gasteiger partial charge is 0.289 e. The summed E-state index contributed by atoms with van der Waals surface area (Å²) in [5.41, 5.74) is -3.29. The largest absolute Gasteiger partial charge is 0.375 e. The van der Waals surface area contributed by atoms with Gasteiger partial charge in [-0.3, -0.25) is 29.8 Å². The van der Waals surface area contributed by atoms with Gasteiger partial charge in [0.15, 0.2) is 22.3 Å². The van der Waals surface area contributed by atoms with E-state index in [9.17, 15) is 39.9 Å². The van der Waals surface area contributed by atoms with Crippen LogP contribution in [0.15, 0.2) is 30.3 Å². The van der Waals surface area contributed by atoms with Crippen molar-refractivity contribution >= 4 is 28.6 Å². The molecule has 0 aromatic heterocycles. The van der Waals surface area contributed by atoms with E-state index in [1.807, 2.05) is 0 Å². The molecular weight excluding hydrogens is 352 g/mol. The molecule has 0 radical (unpaired) electrons. The summed E-state index contributed by atoms with van der Waals surface area (Å²) >= 11 is 0. The summed E-state index contributed by atoms with van der Waals surface area (Å²) < 4.78 is 0. The van der Waals surface area contributed by atoms with Gasteiger partial charge in [0.1, 0.15) is 0 Å². The number of fused-ring (bicyclic) bond motifs is 2. The second-order valence-corrected chi connectivity index (χ2v) is 5.13. The topological polar surface area (TPSA) is 176 Å². The predicted octanol–water partition coefficient (Wildman–Crippen LogP) is 1.88. The lowest BCUT2D eigenvalue weighted by Gasteiger charge is -2.18. The first-order valence-electron chi connectivity index (χ1n) is 6.83. The van der Waals surface area contributed by atoms with Crippen molar-refractivity contribution in [3.63, 3.8) is 0 Å². The van der Waals surface area contributed by atoms with Crippen molar-refractivity contribution in [1.29, 1.82) is 0 Å². The Morgan fingerprint density at radius 2 is 1.38 bits per heavy atom. The van der Waals surface area contributed by atoms with Gasteiger partial charge in [-0.2, -0.15) is 0 Å². The number of carbonyl (C=O) groups excluding carboxylic acids is 2. The minimum atomic E-state index is -1.27. The van der Waals surface area contributed by atoms with Gasteiger partial charge in [-0.15, -0.1) is 0 Å². The summed E-state index contributed by atoms with van der Waals surface area (Å²) in [6, 6.07) is 6.09. The molecule has 3 rings (SSSR count). The Bertz CT molecular complexity index is 1050. The SMILES string of the molecule is O=C1c2ccccc2C(=O)c2c1cc([N+](=O)[O-])c([N+](=O)[O-])c2N[N+](=O)[O-]. The number of benzene rings is 2. The molecule has 0 unspecified atom stereocenters. The zero-order valence-electron chi connectivity index (χ0n) is 12.5. The van der Waals surface area contributed by atoms with Crippen LogP contribution < -0.4 is 5.43 Å². The highest BCUT2D eigenvalue weighted by molar-refractivity contribution is 6.31. The minimum absolute atomic E-state index is 0.0554.